The molecule has 4 rings (SSSR count). The van der Waals surface area contributed by atoms with E-state index in [0.717, 1.165) is 0 Å². The van der Waals surface area contributed by atoms with Crippen molar-refractivity contribution in [2.24, 2.45) is 0 Å². The summed E-state index contributed by atoms with van der Waals surface area (Å²) in [6.07, 6.45) is 16.5. The summed E-state index contributed by atoms with van der Waals surface area (Å²) in [7, 11) is -14.4. The van der Waals surface area contributed by atoms with Crippen LogP contribution in [0.2, 0.25) is 0 Å². The molecule has 0 aromatic heterocycles. The summed E-state index contributed by atoms with van der Waals surface area (Å²) in [5.74, 6) is 0. The fraction of sp³-hybridized carbons (Fsp3) is 0.895. The molecule has 0 atom stereocenters. The van der Waals surface area contributed by atoms with Crippen LogP contribution in [0.3, 0.4) is 0 Å². The van der Waals surface area contributed by atoms with Crippen LogP contribution in [-0.4, -0.2) is 98.7 Å². The van der Waals surface area contributed by atoms with Crippen molar-refractivity contribution in [1.29, 1.82) is 0 Å². The van der Waals surface area contributed by atoms with Gasteiger partial charge in [0.15, 0.2) is 0 Å². The average molecular weight is 563 g/mol. The van der Waals surface area contributed by atoms with Crippen molar-refractivity contribution >= 4 is 30.6 Å². The van der Waals surface area contributed by atoms with E-state index in [0.29, 0.717) is 6.26 Å². The molecule has 0 N–H and O–H groups in total. The van der Waals surface area contributed by atoms with Crippen LogP contribution in [0.4, 0.5) is 25.2 Å². The van der Waals surface area contributed by atoms with E-state index in [1.54, 1.807) is 0 Å². The molecule has 0 radical (unpaired) electrons. The molecule has 4 saturated heterocycles. The Kier molecular flexibility index (Phi) is 11.7. The van der Waals surface area contributed by atoms with Gasteiger partial charge in [0.25, 0.3) is 10.1 Å². The van der Waals surface area contributed by atoms with Gasteiger partial charge in [-0.2, -0.15) is 0 Å². The van der Waals surface area contributed by atoms with E-state index in [1.165, 1.54) is 104 Å². The zero-order valence-electron chi connectivity index (χ0n) is 20.0. The first-order valence-electron chi connectivity index (χ1n) is 11.7. The Labute approximate surface area is 203 Å². The van der Waals surface area contributed by atoms with Gasteiger partial charge in [-0.3, -0.25) is 19.0 Å². The first kappa shape index (κ1) is 31.8. The molecular formula is C19H37F6N4O4PS. The Morgan fingerprint density at radius 2 is 0.914 bits per heavy atom. The first-order chi connectivity index (χ1) is 15.9. The summed E-state index contributed by atoms with van der Waals surface area (Å²) >= 11 is 0. The quantitative estimate of drug-likeness (QED) is 0.131. The number of likely N-dealkylation sites (tertiary alicyclic amines) is 2. The van der Waals surface area contributed by atoms with Crippen LogP contribution in [0.25, 0.3) is 0 Å². The molecule has 0 aromatic rings. The standard InChI is InChI=1S/2C9H17N2.CH4O4S.F6P/c2*1-2-6-10(5-1)9-11-7-3-4-8-11;1-6(3,4)5-2;1-7(2,3,4,5)6/h2*9H,1-8H2;2H,1H3;/q2*+1;;-1/p-1. The summed E-state index contributed by atoms with van der Waals surface area (Å²) in [4.78, 5) is 4.93. The van der Waals surface area contributed by atoms with Gasteiger partial charge in [0, 0.05) is 0 Å². The van der Waals surface area contributed by atoms with E-state index in [2.05, 4.69) is 36.0 Å². The van der Waals surface area contributed by atoms with E-state index in [1.807, 2.05) is 0 Å². The first-order valence-corrected chi connectivity index (χ1v) is 15.5. The van der Waals surface area contributed by atoms with Crippen molar-refractivity contribution in [3.05, 3.63) is 0 Å². The van der Waals surface area contributed by atoms with E-state index in [-0.39, 0.29) is 0 Å². The van der Waals surface area contributed by atoms with Crippen LogP contribution in [0, 0.1) is 0 Å². The molecule has 0 amide bonds. The normalized spacial score (nSPS) is 22.2. The Hall–Kier alpha value is -1.18. The minimum atomic E-state index is -10.7. The van der Waals surface area contributed by atoms with Crippen molar-refractivity contribution in [2.45, 2.75) is 51.4 Å². The van der Waals surface area contributed by atoms with Crippen molar-refractivity contribution in [2.75, 3.05) is 58.6 Å². The van der Waals surface area contributed by atoms with E-state index in [4.69, 9.17) is 5.26 Å². The number of nitrogens with zero attached hydrogens (tertiary/aromatic N) is 4. The van der Waals surface area contributed by atoms with Crippen LogP contribution in [-0.2, 0) is 14.5 Å². The molecule has 8 nitrogen and oxygen atoms in total. The number of rotatable bonds is 3. The zero-order valence-corrected chi connectivity index (χ0v) is 21.7. The number of hydrogen-bond acceptors (Lipinski definition) is 4. The molecule has 35 heavy (non-hydrogen) atoms. The van der Waals surface area contributed by atoms with Crippen molar-refractivity contribution < 1.29 is 52.3 Å². The molecule has 4 aliphatic heterocycles. The summed E-state index contributed by atoms with van der Waals surface area (Å²) in [5, 5.41) is 8.86. The van der Waals surface area contributed by atoms with Crippen LogP contribution in [0.1, 0.15) is 51.4 Å². The topological polar surface area (TPSA) is 78.9 Å². The molecule has 16 heteroatoms. The van der Waals surface area contributed by atoms with E-state index in [9.17, 15) is 33.6 Å². The third-order valence-electron chi connectivity index (χ3n) is 5.34. The molecule has 4 heterocycles. The Balaban J connectivity index is 0.000000243. The van der Waals surface area contributed by atoms with Crippen molar-refractivity contribution in [3.8, 4) is 0 Å². The van der Waals surface area contributed by atoms with Gasteiger partial charge >= 0.3 is 33.0 Å². The molecule has 0 saturated carbocycles. The third kappa shape index (κ3) is 21.8. The SMILES string of the molecule is C(N1CCCC1)=[N+]1CCCC1.C(N1CCCC1)=[N+]1CCCC1.CS(=O)(=O)O[O-].F[P-](F)(F)(F)(F)F. The molecule has 0 unspecified atom stereocenters. The molecule has 0 aliphatic carbocycles. The molecular weight excluding hydrogens is 525 g/mol. The average Bonchev–Trinajstić information content (AvgIpc) is 3.50. The van der Waals surface area contributed by atoms with E-state index < -0.39 is 17.9 Å². The van der Waals surface area contributed by atoms with E-state index >= 15 is 0 Å². The summed E-state index contributed by atoms with van der Waals surface area (Å²) in [6, 6.07) is 0. The van der Waals surface area contributed by atoms with Crippen LogP contribution >= 0.6 is 7.81 Å². The summed E-state index contributed by atoms with van der Waals surface area (Å²) < 4.78 is 85.7. The van der Waals surface area contributed by atoms with Gasteiger partial charge in [-0.05, 0) is 51.4 Å². The van der Waals surface area contributed by atoms with Gasteiger partial charge in [0.2, 0.25) is 12.7 Å². The van der Waals surface area contributed by atoms with Crippen LogP contribution in [0.5, 0.6) is 0 Å². The van der Waals surface area contributed by atoms with Gasteiger partial charge in [-0.1, -0.05) is 0 Å². The van der Waals surface area contributed by atoms with Crippen molar-refractivity contribution in [3.63, 3.8) is 0 Å². The van der Waals surface area contributed by atoms with Crippen molar-refractivity contribution in [1.82, 2.24) is 9.80 Å². The van der Waals surface area contributed by atoms with Gasteiger partial charge in [0.05, 0.1) is 58.6 Å². The molecule has 210 valence electrons. The molecule has 4 fully saturated rings. The van der Waals surface area contributed by atoms with Crippen LogP contribution < -0.4 is 5.26 Å². The Morgan fingerprint density at radius 1 is 0.686 bits per heavy atom. The monoisotopic (exact) mass is 562 g/mol. The molecule has 0 spiro atoms. The molecule has 0 aromatic carbocycles. The zero-order chi connectivity index (χ0) is 26.7. The van der Waals surface area contributed by atoms with Gasteiger partial charge < -0.3 is 9.59 Å². The van der Waals surface area contributed by atoms with Gasteiger partial charge in [0.1, 0.15) is 0 Å². The Bertz CT molecular complexity index is 748. The molecule has 0 bridgehead atoms. The van der Waals surface area contributed by atoms with Gasteiger partial charge in [-0.15, -0.1) is 0 Å². The predicted molar refractivity (Wildman–Crippen MR) is 122 cm³/mol. The fourth-order valence-corrected chi connectivity index (χ4v) is 3.89. The maximum absolute atomic E-state index is 10.7. The minimum absolute atomic E-state index is 0.681. The Morgan fingerprint density at radius 3 is 1.11 bits per heavy atom. The summed E-state index contributed by atoms with van der Waals surface area (Å²) in [6.45, 7) is 10.3. The third-order valence-corrected chi connectivity index (χ3v) is 5.59. The van der Waals surface area contributed by atoms with Crippen LogP contribution in [0.15, 0.2) is 0 Å². The fourth-order valence-electron chi connectivity index (χ4n) is 3.89. The maximum atomic E-state index is 9.87. The van der Waals surface area contributed by atoms with Gasteiger partial charge in [-0.25, -0.2) is 8.42 Å². The second-order valence-electron chi connectivity index (χ2n) is 8.93. The second-order valence-corrected chi connectivity index (χ2v) is 12.4. The molecule has 4 aliphatic rings. The number of halogens is 6. The predicted octanol–water partition coefficient (Wildman–Crippen LogP) is 3.45. The number of hydrogen-bond donors (Lipinski definition) is 0. The summed E-state index contributed by atoms with van der Waals surface area (Å²) in [5.41, 5.74) is 0. The second kappa shape index (κ2) is 12.9.